The third kappa shape index (κ3) is 3.86. The third-order valence-electron chi connectivity index (χ3n) is 6.24. The largest absolute Gasteiger partial charge is 0.458 e. The summed E-state index contributed by atoms with van der Waals surface area (Å²) >= 11 is 1.47. The Morgan fingerprint density at radius 2 is 2.09 bits per heavy atom. The molecule has 1 atom stereocenters. The number of nitrogens with one attached hydrogen (secondary N) is 1. The molecule has 33 heavy (non-hydrogen) atoms. The molecule has 0 aliphatic carbocycles. The number of carbonyl (C=O) groups is 1. The molecule has 0 spiro atoms. The van der Waals surface area contributed by atoms with Gasteiger partial charge in [0.05, 0.1) is 35.0 Å². The van der Waals surface area contributed by atoms with Crippen molar-refractivity contribution in [2.24, 2.45) is 0 Å². The summed E-state index contributed by atoms with van der Waals surface area (Å²) in [5.74, 6) is -0.115. The number of aromatic nitrogens is 2. The molecule has 0 fully saturated rings. The average molecular weight is 466 g/mol. The highest BCUT2D eigenvalue weighted by Crippen LogP contribution is 2.38. The number of esters is 1. The van der Waals surface area contributed by atoms with Crippen molar-refractivity contribution >= 4 is 28.6 Å². The Bertz CT molecular complexity index is 1300. The SMILES string of the molecule is CSCO[C@@H]1C(=O)OCc2c1cc1n(c2=O)Cc2c-1nc1ccccc1c2CCNC(C)C. The average Bonchev–Trinajstić information content (AvgIpc) is 3.16. The third-order valence-corrected chi connectivity index (χ3v) is 6.61. The highest BCUT2D eigenvalue weighted by molar-refractivity contribution is 7.98. The molecule has 0 saturated carbocycles. The molecule has 3 aromatic rings. The summed E-state index contributed by atoms with van der Waals surface area (Å²) in [5, 5.41) is 4.61. The summed E-state index contributed by atoms with van der Waals surface area (Å²) in [6.07, 6.45) is 1.85. The number of rotatable bonds is 7. The van der Waals surface area contributed by atoms with Crippen molar-refractivity contribution in [2.75, 3.05) is 18.7 Å². The minimum absolute atomic E-state index is 0.0245. The number of thioether (sulfide) groups is 1. The number of carbonyl (C=O) groups excluding carboxylic acids is 1. The summed E-state index contributed by atoms with van der Waals surface area (Å²) in [6.45, 7) is 5.55. The lowest BCUT2D eigenvalue weighted by molar-refractivity contribution is -0.160. The predicted octanol–water partition coefficient (Wildman–Crippen LogP) is 3.40. The van der Waals surface area contributed by atoms with E-state index >= 15 is 0 Å². The zero-order valence-corrected chi connectivity index (χ0v) is 19.8. The summed E-state index contributed by atoms with van der Waals surface area (Å²) < 4.78 is 12.8. The quantitative estimate of drug-likeness (QED) is 0.331. The molecule has 2 aromatic heterocycles. The number of cyclic esters (lactones) is 1. The van der Waals surface area contributed by atoms with Crippen molar-refractivity contribution in [1.82, 2.24) is 14.9 Å². The molecule has 8 heteroatoms. The van der Waals surface area contributed by atoms with Gasteiger partial charge < -0.3 is 19.4 Å². The Morgan fingerprint density at radius 3 is 2.88 bits per heavy atom. The van der Waals surface area contributed by atoms with Crippen molar-refractivity contribution < 1.29 is 14.3 Å². The van der Waals surface area contributed by atoms with Gasteiger partial charge in [0.15, 0.2) is 6.10 Å². The van der Waals surface area contributed by atoms with E-state index in [0.29, 0.717) is 29.7 Å². The number of ether oxygens (including phenoxy) is 2. The second-order valence-electron chi connectivity index (χ2n) is 8.71. The Labute approximate surface area is 196 Å². The van der Waals surface area contributed by atoms with Crippen LogP contribution in [0.4, 0.5) is 0 Å². The number of fused-ring (bicyclic) bond motifs is 5. The van der Waals surface area contributed by atoms with Crippen LogP contribution in [0, 0.1) is 0 Å². The fourth-order valence-corrected chi connectivity index (χ4v) is 4.98. The van der Waals surface area contributed by atoms with Gasteiger partial charge >= 0.3 is 5.97 Å². The molecular formula is C25H27N3O4S. The summed E-state index contributed by atoms with van der Waals surface area (Å²) in [6, 6.07) is 10.4. The van der Waals surface area contributed by atoms with Crippen molar-refractivity contribution in [3.63, 3.8) is 0 Å². The van der Waals surface area contributed by atoms with Gasteiger partial charge in [-0.15, -0.1) is 11.8 Å². The highest BCUT2D eigenvalue weighted by atomic mass is 32.2. The van der Waals surface area contributed by atoms with Crippen molar-refractivity contribution in [3.8, 4) is 11.4 Å². The van der Waals surface area contributed by atoms with Crippen LogP contribution in [-0.4, -0.2) is 40.3 Å². The van der Waals surface area contributed by atoms with Gasteiger partial charge in [0.2, 0.25) is 0 Å². The van der Waals surface area contributed by atoms with E-state index in [9.17, 15) is 9.59 Å². The Balaban J connectivity index is 1.66. The van der Waals surface area contributed by atoms with Gasteiger partial charge in [-0.3, -0.25) is 4.79 Å². The van der Waals surface area contributed by atoms with Gasteiger partial charge in [-0.05, 0) is 36.9 Å². The normalized spacial score (nSPS) is 16.6. The molecule has 0 bridgehead atoms. The number of benzene rings is 1. The molecule has 1 N–H and O–H groups in total. The first-order valence-electron chi connectivity index (χ1n) is 11.2. The van der Waals surface area contributed by atoms with Crippen LogP contribution in [-0.2, 0) is 33.8 Å². The minimum Gasteiger partial charge on any atom is -0.458 e. The molecule has 2 aliphatic rings. The molecule has 7 nitrogen and oxygen atoms in total. The topological polar surface area (TPSA) is 82.5 Å². The summed E-state index contributed by atoms with van der Waals surface area (Å²) in [7, 11) is 0. The molecule has 2 aliphatic heterocycles. The van der Waals surface area contributed by atoms with Crippen LogP contribution < -0.4 is 10.9 Å². The molecule has 1 aromatic carbocycles. The molecule has 5 rings (SSSR count). The maximum Gasteiger partial charge on any atom is 0.340 e. The van der Waals surface area contributed by atoms with Gasteiger partial charge in [0.1, 0.15) is 6.61 Å². The van der Waals surface area contributed by atoms with Gasteiger partial charge in [-0.25, -0.2) is 9.78 Å². The van der Waals surface area contributed by atoms with E-state index in [0.717, 1.165) is 40.8 Å². The van der Waals surface area contributed by atoms with E-state index in [1.54, 1.807) is 4.57 Å². The lowest BCUT2D eigenvalue weighted by Gasteiger charge is -2.25. The van der Waals surface area contributed by atoms with Gasteiger partial charge in [0.25, 0.3) is 5.56 Å². The molecular weight excluding hydrogens is 438 g/mol. The second kappa shape index (κ2) is 8.93. The smallest absolute Gasteiger partial charge is 0.340 e. The summed E-state index contributed by atoms with van der Waals surface area (Å²) in [5.41, 5.74) is 5.71. The molecule has 0 unspecified atom stereocenters. The van der Waals surface area contributed by atoms with Crippen LogP contribution in [0.5, 0.6) is 0 Å². The number of nitrogens with zero attached hydrogens (tertiary/aromatic N) is 2. The summed E-state index contributed by atoms with van der Waals surface area (Å²) in [4.78, 5) is 30.9. The number of hydrogen-bond acceptors (Lipinski definition) is 7. The van der Waals surface area contributed by atoms with Gasteiger partial charge in [0, 0.05) is 22.6 Å². The standard InChI is InChI=1S/C25H27N3O4S/c1-14(2)26-9-8-15-16-6-4-5-7-20(16)27-22-18(15)11-28-21(22)10-17-19(24(28)29)12-31-25(30)23(17)32-13-33-3/h4-7,10,14,23,26H,8-9,11-13H2,1-3H3/t23-/m0/s1. The predicted molar refractivity (Wildman–Crippen MR) is 129 cm³/mol. The maximum absolute atomic E-state index is 13.5. The Hall–Kier alpha value is -2.68. The van der Waals surface area contributed by atoms with E-state index in [1.807, 2.05) is 30.5 Å². The van der Waals surface area contributed by atoms with E-state index in [-0.39, 0.29) is 12.2 Å². The molecule has 0 saturated heterocycles. The molecule has 0 radical (unpaired) electrons. The highest BCUT2D eigenvalue weighted by Gasteiger charge is 2.36. The second-order valence-corrected chi connectivity index (χ2v) is 9.52. The van der Waals surface area contributed by atoms with E-state index in [4.69, 9.17) is 14.5 Å². The van der Waals surface area contributed by atoms with Crippen LogP contribution in [0.15, 0.2) is 35.1 Å². The first-order chi connectivity index (χ1) is 16.0. The monoisotopic (exact) mass is 465 g/mol. The van der Waals surface area contributed by atoms with Crippen molar-refractivity contribution in [2.45, 2.75) is 45.6 Å². The van der Waals surface area contributed by atoms with E-state index in [1.165, 1.54) is 17.3 Å². The van der Waals surface area contributed by atoms with Crippen LogP contribution in [0.25, 0.3) is 22.3 Å². The maximum atomic E-state index is 13.5. The molecule has 4 heterocycles. The lowest BCUT2D eigenvalue weighted by atomic mass is 9.97. The Kier molecular flexibility index (Phi) is 5.99. The fraction of sp³-hybridized carbons (Fsp3) is 0.400. The van der Waals surface area contributed by atoms with Crippen molar-refractivity contribution in [1.29, 1.82) is 0 Å². The van der Waals surface area contributed by atoms with Crippen LogP contribution in [0.2, 0.25) is 0 Å². The minimum atomic E-state index is -0.890. The van der Waals surface area contributed by atoms with Crippen LogP contribution in [0.1, 0.15) is 42.2 Å². The zero-order chi connectivity index (χ0) is 23.1. The molecule has 172 valence electrons. The molecule has 0 amide bonds. The number of hydrogen-bond donors (Lipinski definition) is 1. The van der Waals surface area contributed by atoms with Gasteiger partial charge in [-0.2, -0.15) is 0 Å². The van der Waals surface area contributed by atoms with Crippen LogP contribution >= 0.6 is 11.8 Å². The Morgan fingerprint density at radius 1 is 1.27 bits per heavy atom. The van der Waals surface area contributed by atoms with Crippen LogP contribution in [0.3, 0.4) is 0 Å². The van der Waals surface area contributed by atoms with Gasteiger partial charge in [-0.1, -0.05) is 32.0 Å². The van der Waals surface area contributed by atoms with E-state index < -0.39 is 12.1 Å². The first kappa shape index (κ1) is 22.1. The first-order valence-corrected chi connectivity index (χ1v) is 12.6. The number of para-hydroxylation sites is 1. The fourth-order valence-electron chi connectivity index (χ4n) is 4.71. The zero-order valence-electron chi connectivity index (χ0n) is 19.0. The number of pyridine rings is 2. The lowest BCUT2D eigenvalue weighted by Crippen LogP contribution is -2.33. The van der Waals surface area contributed by atoms with E-state index in [2.05, 4.69) is 25.2 Å². The van der Waals surface area contributed by atoms with Crippen molar-refractivity contribution in [3.05, 3.63) is 62.9 Å².